The van der Waals surface area contributed by atoms with E-state index in [9.17, 15) is 9.90 Å². The molecule has 1 aromatic carbocycles. The molecule has 2 rings (SSSR count). The van der Waals surface area contributed by atoms with Crippen molar-refractivity contribution in [1.82, 2.24) is 4.98 Å². The second-order valence-corrected chi connectivity index (χ2v) is 4.80. The van der Waals surface area contributed by atoms with Crippen LogP contribution in [0.15, 0.2) is 42.0 Å². The molecule has 0 radical (unpaired) electrons. The second-order valence-electron chi connectivity index (χ2n) is 3.91. The van der Waals surface area contributed by atoms with E-state index in [1.165, 1.54) is 11.3 Å². The van der Waals surface area contributed by atoms with Gasteiger partial charge in [0.15, 0.2) is 5.41 Å². The SMILES string of the molecule is CC(C#Cc1cncs1)(C(=O)O)c1ccccc1. The zero-order valence-electron chi connectivity index (χ0n) is 9.75. The number of hydrogen-bond acceptors (Lipinski definition) is 3. The number of carboxylic acids is 1. The van der Waals surface area contributed by atoms with Gasteiger partial charge in [-0.3, -0.25) is 9.78 Å². The van der Waals surface area contributed by atoms with Crippen LogP contribution in [0.1, 0.15) is 17.4 Å². The summed E-state index contributed by atoms with van der Waals surface area (Å²) in [5.41, 5.74) is 1.14. The molecule has 4 heteroatoms. The highest BCUT2D eigenvalue weighted by atomic mass is 32.1. The van der Waals surface area contributed by atoms with Crippen molar-refractivity contribution in [1.29, 1.82) is 0 Å². The van der Waals surface area contributed by atoms with Crippen LogP contribution >= 0.6 is 11.3 Å². The first-order chi connectivity index (χ1) is 8.63. The number of rotatable bonds is 2. The molecule has 0 saturated heterocycles. The topological polar surface area (TPSA) is 50.2 Å². The van der Waals surface area contributed by atoms with Crippen LogP contribution in [0, 0.1) is 11.8 Å². The quantitative estimate of drug-likeness (QED) is 0.841. The smallest absolute Gasteiger partial charge is 0.326 e. The van der Waals surface area contributed by atoms with E-state index in [0.717, 1.165) is 4.88 Å². The highest BCUT2D eigenvalue weighted by Crippen LogP contribution is 2.23. The van der Waals surface area contributed by atoms with Crippen LogP contribution in [0.4, 0.5) is 0 Å². The van der Waals surface area contributed by atoms with Gasteiger partial charge in [0.25, 0.3) is 0 Å². The van der Waals surface area contributed by atoms with Gasteiger partial charge in [0.1, 0.15) is 0 Å². The van der Waals surface area contributed by atoms with E-state index in [1.54, 1.807) is 30.8 Å². The maximum atomic E-state index is 11.5. The summed E-state index contributed by atoms with van der Waals surface area (Å²) >= 11 is 1.39. The lowest BCUT2D eigenvalue weighted by Gasteiger charge is -2.18. The van der Waals surface area contributed by atoms with Crippen LogP contribution in [0.25, 0.3) is 0 Å². The van der Waals surface area contributed by atoms with E-state index in [0.29, 0.717) is 5.56 Å². The van der Waals surface area contributed by atoms with Crippen molar-refractivity contribution in [2.75, 3.05) is 0 Å². The van der Waals surface area contributed by atoms with Gasteiger partial charge in [-0.1, -0.05) is 42.2 Å². The van der Waals surface area contributed by atoms with E-state index in [2.05, 4.69) is 16.8 Å². The Bertz CT molecular complexity index is 596. The monoisotopic (exact) mass is 257 g/mol. The van der Waals surface area contributed by atoms with Gasteiger partial charge in [-0.05, 0) is 12.5 Å². The minimum absolute atomic E-state index is 0.675. The molecule has 1 unspecified atom stereocenters. The summed E-state index contributed by atoms with van der Waals surface area (Å²) in [6.07, 6.45) is 1.63. The lowest BCUT2D eigenvalue weighted by Crippen LogP contribution is -2.30. The third-order valence-corrected chi connectivity index (χ3v) is 3.34. The van der Waals surface area contributed by atoms with E-state index < -0.39 is 11.4 Å². The molecule has 1 atom stereocenters. The average Bonchev–Trinajstić information content (AvgIpc) is 2.90. The first-order valence-electron chi connectivity index (χ1n) is 5.33. The van der Waals surface area contributed by atoms with Crippen LogP contribution in [0.5, 0.6) is 0 Å². The fourth-order valence-electron chi connectivity index (χ4n) is 1.48. The van der Waals surface area contributed by atoms with Crippen molar-refractivity contribution in [3.05, 3.63) is 52.5 Å². The highest BCUT2D eigenvalue weighted by Gasteiger charge is 2.33. The number of nitrogens with zero attached hydrogens (tertiary/aromatic N) is 1. The Morgan fingerprint density at radius 3 is 2.67 bits per heavy atom. The van der Waals surface area contributed by atoms with Gasteiger partial charge in [-0.25, -0.2) is 0 Å². The molecule has 0 fully saturated rings. The average molecular weight is 257 g/mol. The van der Waals surface area contributed by atoms with Gasteiger partial charge >= 0.3 is 5.97 Å². The standard InChI is InChI=1S/C14H11NO2S/c1-14(13(16)17,11-5-3-2-4-6-11)8-7-12-9-15-10-18-12/h2-6,9-10H,1H3,(H,16,17). The molecule has 18 heavy (non-hydrogen) atoms. The van der Waals surface area contributed by atoms with Crippen molar-refractivity contribution in [2.45, 2.75) is 12.3 Å². The van der Waals surface area contributed by atoms with Crippen LogP contribution in [0.2, 0.25) is 0 Å². The fourth-order valence-corrected chi connectivity index (χ4v) is 1.95. The van der Waals surface area contributed by atoms with Crippen LogP contribution < -0.4 is 0 Å². The fraction of sp³-hybridized carbons (Fsp3) is 0.143. The Morgan fingerprint density at radius 2 is 2.11 bits per heavy atom. The third kappa shape index (κ3) is 2.41. The summed E-state index contributed by atoms with van der Waals surface area (Å²) in [5.74, 6) is 4.75. The molecule has 0 spiro atoms. The molecule has 0 aliphatic heterocycles. The van der Waals surface area contributed by atoms with E-state index >= 15 is 0 Å². The van der Waals surface area contributed by atoms with Crippen molar-refractivity contribution in [3.63, 3.8) is 0 Å². The summed E-state index contributed by atoms with van der Waals surface area (Å²) in [7, 11) is 0. The Morgan fingerprint density at radius 1 is 1.39 bits per heavy atom. The Balaban J connectivity index is 2.43. The first-order valence-corrected chi connectivity index (χ1v) is 6.21. The predicted molar refractivity (Wildman–Crippen MR) is 70.4 cm³/mol. The summed E-state index contributed by atoms with van der Waals surface area (Å²) < 4.78 is 0. The number of carbonyl (C=O) groups is 1. The number of aliphatic carboxylic acids is 1. The minimum Gasteiger partial charge on any atom is -0.480 e. The predicted octanol–water partition coefficient (Wildman–Crippen LogP) is 2.54. The molecule has 1 aromatic heterocycles. The molecule has 0 aliphatic rings. The molecule has 0 bridgehead atoms. The summed E-state index contributed by atoms with van der Waals surface area (Å²) in [5, 5.41) is 9.40. The number of hydrogen-bond donors (Lipinski definition) is 1. The zero-order chi connectivity index (χ0) is 13.0. The normalized spacial score (nSPS) is 13.2. The van der Waals surface area contributed by atoms with E-state index in [-0.39, 0.29) is 0 Å². The Hall–Kier alpha value is -2.12. The molecular weight excluding hydrogens is 246 g/mol. The van der Waals surface area contributed by atoms with E-state index in [4.69, 9.17) is 0 Å². The van der Waals surface area contributed by atoms with Crippen LogP contribution in [0.3, 0.4) is 0 Å². The first kappa shape index (κ1) is 12.3. The molecule has 90 valence electrons. The zero-order valence-corrected chi connectivity index (χ0v) is 10.6. The van der Waals surface area contributed by atoms with E-state index in [1.807, 2.05) is 18.2 Å². The third-order valence-electron chi connectivity index (χ3n) is 2.65. The van der Waals surface area contributed by atoms with Crippen molar-refractivity contribution < 1.29 is 9.90 Å². The molecule has 0 amide bonds. The lowest BCUT2D eigenvalue weighted by atomic mass is 9.83. The van der Waals surface area contributed by atoms with Crippen molar-refractivity contribution >= 4 is 17.3 Å². The number of thiazole rings is 1. The molecule has 3 nitrogen and oxygen atoms in total. The second kappa shape index (κ2) is 5.03. The van der Waals surface area contributed by atoms with Gasteiger partial charge in [-0.15, -0.1) is 11.3 Å². The number of aromatic nitrogens is 1. The molecule has 2 aromatic rings. The Kier molecular flexibility index (Phi) is 3.45. The minimum atomic E-state index is -1.20. The van der Waals surface area contributed by atoms with Crippen molar-refractivity contribution in [3.8, 4) is 11.8 Å². The molecule has 1 N–H and O–H groups in total. The van der Waals surface area contributed by atoms with Gasteiger partial charge in [0.05, 0.1) is 16.6 Å². The summed E-state index contributed by atoms with van der Waals surface area (Å²) in [4.78, 5) is 16.1. The van der Waals surface area contributed by atoms with Crippen LogP contribution in [-0.2, 0) is 10.2 Å². The number of carboxylic acid groups (broad SMARTS) is 1. The summed E-state index contributed by atoms with van der Waals surface area (Å²) in [6.45, 7) is 1.61. The molecule has 0 aliphatic carbocycles. The number of benzene rings is 1. The largest absolute Gasteiger partial charge is 0.480 e. The van der Waals surface area contributed by atoms with Crippen LogP contribution in [-0.4, -0.2) is 16.1 Å². The Labute approximate surface area is 109 Å². The molecule has 0 saturated carbocycles. The van der Waals surface area contributed by atoms with Gasteiger partial charge < -0.3 is 5.11 Å². The maximum absolute atomic E-state index is 11.5. The lowest BCUT2D eigenvalue weighted by molar-refractivity contribution is -0.140. The van der Waals surface area contributed by atoms with Gasteiger partial charge in [0, 0.05) is 0 Å². The molecular formula is C14H11NO2S. The maximum Gasteiger partial charge on any atom is 0.326 e. The van der Waals surface area contributed by atoms with Gasteiger partial charge in [0.2, 0.25) is 0 Å². The van der Waals surface area contributed by atoms with Gasteiger partial charge in [-0.2, -0.15) is 0 Å². The van der Waals surface area contributed by atoms with Crippen molar-refractivity contribution in [2.24, 2.45) is 0 Å². The summed E-state index contributed by atoms with van der Waals surface area (Å²) in [6, 6.07) is 9.02. The highest BCUT2D eigenvalue weighted by molar-refractivity contribution is 7.10. The molecule has 1 heterocycles.